The third kappa shape index (κ3) is 6.80. The Balaban J connectivity index is 3.70. The van der Waals surface area contributed by atoms with Crippen LogP contribution in [0.2, 0.25) is 0 Å². The van der Waals surface area contributed by atoms with Crippen LogP contribution in [0.15, 0.2) is 0 Å². The summed E-state index contributed by atoms with van der Waals surface area (Å²) in [5.41, 5.74) is 5.11. The minimum Gasteiger partial charge on any atom is -0.468 e. The summed E-state index contributed by atoms with van der Waals surface area (Å²) in [6.45, 7) is 9.33. The lowest BCUT2D eigenvalue weighted by Gasteiger charge is -2.22. The SMILES string of the molecule is COC(=O)C(C)(N)CCOCCC(C)(C)C. The molecule has 4 heteroatoms. The van der Waals surface area contributed by atoms with E-state index in [9.17, 15) is 4.79 Å². The predicted molar refractivity (Wildman–Crippen MR) is 64.1 cm³/mol. The summed E-state index contributed by atoms with van der Waals surface area (Å²) in [6.07, 6.45) is 1.47. The Morgan fingerprint density at radius 1 is 1.12 bits per heavy atom. The summed E-state index contributed by atoms with van der Waals surface area (Å²) < 4.78 is 10.1. The summed E-state index contributed by atoms with van der Waals surface area (Å²) in [5.74, 6) is -0.396. The molecular formula is C12H25NO3. The first-order valence-corrected chi connectivity index (χ1v) is 5.64. The minimum absolute atomic E-state index is 0.272. The van der Waals surface area contributed by atoms with E-state index in [1.54, 1.807) is 6.92 Å². The highest BCUT2D eigenvalue weighted by molar-refractivity contribution is 5.79. The van der Waals surface area contributed by atoms with Gasteiger partial charge in [-0.3, -0.25) is 4.79 Å². The third-order valence-electron chi connectivity index (χ3n) is 2.41. The highest BCUT2D eigenvalue weighted by Crippen LogP contribution is 2.18. The fourth-order valence-corrected chi connectivity index (χ4v) is 1.10. The van der Waals surface area contributed by atoms with Crippen LogP contribution in [0.1, 0.15) is 40.5 Å². The fourth-order valence-electron chi connectivity index (χ4n) is 1.10. The number of ether oxygens (including phenoxy) is 2. The molecule has 0 aromatic carbocycles. The van der Waals surface area contributed by atoms with Gasteiger partial charge in [0.05, 0.1) is 7.11 Å². The van der Waals surface area contributed by atoms with Gasteiger partial charge in [0, 0.05) is 13.2 Å². The Hall–Kier alpha value is -0.610. The molecule has 0 spiro atoms. The van der Waals surface area contributed by atoms with Crippen molar-refractivity contribution in [1.29, 1.82) is 0 Å². The second-order valence-corrected chi connectivity index (χ2v) is 5.58. The molecule has 0 saturated heterocycles. The number of carbonyl (C=O) groups is 1. The topological polar surface area (TPSA) is 61.5 Å². The average Bonchev–Trinajstić information content (AvgIpc) is 2.14. The van der Waals surface area contributed by atoms with Crippen LogP contribution in [0.5, 0.6) is 0 Å². The van der Waals surface area contributed by atoms with Crippen molar-refractivity contribution in [3.05, 3.63) is 0 Å². The van der Waals surface area contributed by atoms with Crippen molar-refractivity contribution in [2.75, 3.05) is 20.3 Å². The van der Waals surface area contributed by atoms with Gasteiger partial charge in [-0.25, -0.2) is 0 Å². The van der Waals surface area contributed by atoms with Crippen LogP contribution in [0.4, 0.5) is 0 Å². The lowest BCUT2D eigenvalue weighted by atomic mass is 9.93. The number of esters is 1. The zero-order valence-electron chi connectivity index (χ0n) is 11.1. The largest absolute Gasteiger partial charge is 0.468 e. The summed E-state index contributed by atoms with van der Waals surface area (Å²) in [5, 5.41) is 0. The molecule has 0 aromatic heterocycles. The molecule has 0 radical (unpaired) electrons. The Bertz CT molecular complexity index is 219. The Kier molecular flexibility index (Phi) is 5.97. The van der Waals surface area contributed by atoms with Crippen molar-refractivity contribution in [3.8, 4) is 0 Å². The van der Waals surface area contributed by atoms with Crippen LogP contribution >= 0.6 is 0 Å². The molecule has 16 heavy (non-hydrogen) atoms. The van der Waals surface area contributed by atoms with Crippen LogP contribution in [-0.4, -0.2) is 31.8 Å². The van der Waals surface area contributed by atoms with E-state index in [4.69, 9.17) is 10.5 Å². The van der Waals surface area contributed by atoms with Gasteiger partial charge in [-0.05, 0) is 25.2 Å². The molecule has 0 aliphatic carbocycles. The predicted octanol–water partition coefficient (Wildman–Crippen LogP) is 1.72. The third-order valence-corrected chi connectivity index (χ3v) is 2.41. The van der Waals surface area contributed by atoms with Crippen LogP contribution in [-0.2, 0) is 14.3 Å². The van der Waals surface area contributed by atoms with Crippen molar-refractivity contribution >= 4 is 5.97 Å². The Labute approximate surface area is 98.5 Å². The summed E-state index contributed by atoms with van der Waals surface area (Å²) >= 11 is 0. The maximum absolute atomic E-state index is 11.3. The van der Waals surface area contributed by atoms with Gasteiger partial charge in [0.15, 0.2) is 0 Å². The normalized spacial score (nSPS) is 15.6. The number of nitrogens with two attached hydrogens (primary N) is 1. The first kappa shape index (κ1) is 15.4. The molecule has 0 heterocycles. The lowest BCUT2D eigenvalue weighted by molar-refractivity contribution is -0.147. The first-order chi connectivity index (χ1) is 7.19. The van der Waals surface area contributed by atoms with E-state index >= 15 is 0 Å². The van der Waals surface area contributed by atoms with Gasteiger partial charge in [-0.2, -0.15) is 0 Å². The van der Waals surface area contributed by atoms with E-state index in [0.717, 1.165) is 6.42 Å². The second kappa shape index (κ2) is 6.21. The highest BCUT2D eigenvalue weighted by Gasteiger charge is 2.28. The number of methoxy groups -OCH3 is 1. The van der Waals surface area contributed by atoms with Gasteiger partial charge in [-0.15, -0.1) is 0 Å². The Morgan fingerprint density at radius 2 is 1.62 bits per heavy atom. The number of hydrogen-bond donors (Lipinski definition) is 1. The molecular weight excluding hydrogens is 206 g/mol. The zero-order chi connectivity index (χ0) is 12.8. The smallest absolute Gasteiger partial charge is 0.325 e. The number of hydrogen-bond acceptors (Lipinski definition) is 4. The maximum Gasteiger partial charge on any atom is 0.325 e. The molecule has 2 N–H and O–H groups in total. The molecule has 1 unspecified atom stereocenters. The van der Waals surface area contributed by atoms with Gasteiger partial charge in [-0.1, -0.05) is 20.8 Å². The van der Waals surface area contributed by atoms with E-state index in [0.29, 0.717) is 19.6 Å². The van der Waals surface area contributed by atoms with Crippen molar-refractivity contribution < 1.29 is 14.3 Å². The van der Waals surface area contributed by atoms with Crippen LogP contribution in [0, 0.1) is 5.41 Å². The summed E-state index contributed by atoms with van der Waals surface area (Å²) in [7, 11) is 1.34. The fraction of sp³-hybridized carbons (Fsp3) is 0.917. The molecule has 0 aliphatic rings. The molecule has 0 fully saturated rings. The number of carbonyl (C=O) groups excluding carboxylic acids is 1. The van der Waals surface area contributed by atoms with Crippen molar-refractivity contribution in [2.24, 2.45) is 11.1 Å². The van der Waals surface area contributed by atoms with Gasteiger partial charge in [0.25, 0.3) is 0 Å². The van der Waals surface area contributed by atoms with Gasteiger partial charge in [0.2, 0.25) is 0 Å². The van der Waals surface area contributed by atoms with Crippen molar-refractivity contribution in [3.63, 3.8) is 0 Å². The van der Waals surface area contributed by atoms with E-state index < -0.39 is 11.5 Å². The molecule has 0 saturated carbocycles. The van der Waals surface area contributed by atoms with Gasteiger partial charge < -0.3 is 15.2 Å². The molecule has 4 nitrogen and oxygen atoms in total. The first-order valence-electron chi connectivity index (χ1n) is 5.64. The highest BCUT2D eigenvalue weighted by atomic mass is 16.5. The van der Waals surface area contributed by atoms with E-state index in [1.165, 1.54) is 7.11 Å². The van der Waals surface area contributed by atoms with Gasteiger partial charge in [0.1, 0.15) is 5.54 Å². The lowest BCUT2D eigenvalue weighted by Crippen LogP contribution is -2.46. The molecule has 0 aromatic rings. The molecule has 0 rings (SSSR count). The minimum atomic E-state index is -0.948. The molecule has 96 valence electrons. The van der Waals surface area contributed by atoms with E-state index in [-0.39, 0.29) is 5.41 Å². The molecule has 0 aliphatic heterocycles. The van der Waals surface area contributed by atoms with Crippen LogP contribution in [0.3, 0.4) is 0 Å². The van der Waals surface area contributed by atoms with E-state index in [1.807, 2.05) is 0 Å². The summed E-state index contributed by atoms with van der Waals surface area (Å²) in [6, 6.07) is 0. The van der Waals surface area contributed by atoms with Crippen molar-refractivity contribution in [1.82, 2.24) is 0 Å². The van der Waals surface area contributed by atoms with Gasteiger partial charge >= 0.3 is 5.97 Å². The van der Waals surface area contributed by atoms with E-state index in [2.05, 4.69) is 25.5 Å². The molecule has 1 atom stereocenters. The maximum atomic E-state index is 11.3. The quantitative estimate of drug-likeness (QED) is 0.558. The number of rotatable bonds is 6. The zero-order valence-corrected chi connectivity index (χ0v) is 11.1. The molecule has 0 bridgehead atoms. The standard InChI is InChI=1S/C12H25NO3/c1-11(2,3)6-8-16-9-7-12(4,13)10(14)15-5/h6-9,13H2,1-5H3. The Morgan fingerprint density at radius 3 is 2.06 bits per heavy atom. The molecule has 0 amide bonds. The van der Waals surface area contributed by atoms with Crippen LogP contribution in [0.25, 0.3) is 0 Å². The second-order valence-electron chi connectivity index (χ2n) is 5.58. The average molecular weight is 231 g/mol. The summed E-state index contributed by atoms with van der Waals surface area (Å²) in [4.78, 5) is 11.3. The van der Waals surface area contributed by atoms with Crippen molar-refractivity contribution in [2.45, 2.75) is 46.1 Å². The van der Waals surface area contributed by atoms with Crippen LogP contribution < -0.4 is 5.73 Å². The monoisotopic (exact) mass is 231 g/mol.